The number of hydrogen-bond acceptors (Lipinski definition) is 3. The van der Waals surface area contributed by atoms with E-state index in [4.69, 9.17) is 11.6 Å². The molecule has 1 unspecified atom stereocenters. The third-order valence-corrected chi connectivity index (χ3v) is 6.41. The van der Waals surface area contributed by atoms with Crippen LogP contribution in [0.4, 0.5) is 11.4 Å². The van der Waals surface area contributed by atoms with Crippen LogP contribution in [0, 0.1) is 0 Å². The van der Waals surface area contributed by atoms with Gasteiger partial charge in [0, 0.05) is 34.5 Å². The van der Waals surface area contributed by atoms with E-state index in [0.29, 0.717) is 22.8 Å². The van der Waals surface area contributed by atoms with E-state index < -0.39 is 0 Å². The van der Waals surface area contributed by atoms with Gasteiger partial charge in [-0.2, -0.15) is 0 Å². The molecule has 0 saturated carbocycles. The lowest BCUT2D eigenvalue weighted by molar-refractivity contribution is -0.115. The second kappa shape index (κ2) is 10.2. The summed E-state index contributed by atoms with van der Waals surface area (Å²) in [5.74, 6) is -0.186. The van der Waals surface area contributed by atoms with Crippen molar-refractivity contribution in [1.29, 1.82) is 0 Å². The first-order valence-corrected chi connectivity index (χ1v) is 11.5. The number of para-hydroxylation sites is 1. The lowest BCUT2D eigenvalue weighted by atomic mass is 10.0. The normalized spacial score (nSPS) is 15.6. The largest absolute Gasteiger partial charge is 0.326 e. The van der Waals surface area contributed by atoms with Gasteiger partial charge in [0.25, 0.3) is 5.91 Å². The van der Waals surface area contributed by atoms with Crippen molar-refractivity contribution >= 4 is 34.8 Å². The standard InChI is InChI=1S/C27H28ClN3O2/c1-30(2)24-12-7-17-31(25-11-6-4-9-22(24)25)27(33)19-13-15-21(16-14-19)29-26(32)18-20-8-3-5-10-23(20)28/h3-6,8-11,13-16,24H,7,12,17-18H2,1-2H3,(H,29,32). The van der Waals surface area contributed by atoms with Crippen molar-refractivity contribution in [1.82, 2.24) is 4.90 Å². The van der Waals surface area contributed by atoms with Gasteiger partial charge in [-0.1, -0.05) is 48.0 Å². The maximum absolute atomic E-state index is 13.4. The average molecular weight is 462 g/mol. The molecule has 3 aromatic rings. The molecule has 5 nitrogen and oxygen atoms in total. The van der Waals surface area contributed by atoms with Gasteiger partial charge >= 0.3 is 0 Å². The minimum atomic E-state index is -0.154. The summed E-state index contributed by atoms with van der Waals surface area (Å²) in [6.45, 7) is 0.677. The lowest BCUT2D eigenvalue weighted by Gasteiger charge is -2.27. The molecule has 170 valence electrons. The SMILES string of the molecule is CN(C)C1CCCN(C(=O)c2ccc(NC(=O)Cc3ccccc3Cl)cc2)c2ccccc21. The number of halogens is 1. The van der Waals surface area contributed by atoms with Crippen molar-refractivity contribution in [2.75, 3.05) is 30.9 Å². The predicted octanol–water partition coefficient (Wildman–Crippen LogP) is 5.56. The highest BCUT2D eigenvalue weighted by Gasteiger charge is 2.27. The predicted molar refractivity (Wildman–Crippen MR) is 134 cm³/mol. The number of rotatable bonds is 5. The Balaban J connectivity index is 1.48. The molecule has 1 aliphatic heterocycles. The van der Waals surface area contributed by atoms with Crippen LogP contribution < -0.4 is 10.2 Å². The molecule has 0 bridgehead atoms. The lowest BCUT2D eigenvalue weighted by Crippen LogP contribution is -2.31. The van der Waals surface area contributed by atoms with Crippen LogP contribution in [0.1, 0.15) is 40.4 Å². The zero-order valence-corrected chi connectivity index (χ0v) is 19.7. The molecule has 0 aromatic heterocycles. The molecule has 0 aliphatic carbocycles. The molecule has 0 fully saturated rings. The Hall–Kier alpha value is -3.15. The molecule has 1 aliphatic rings. The highest BCUT2D eigenvalue weighted by atomic mass is 35.5. The Kier molecular flexibility index (Phi) is 7.11. The summed E-state index contributed by atoms with van der Waals surface area (Å²) in [6.07, 6.45) is 2.13. The molecule has 33 heavy (non-hydrogen) atoms. The molecule has 0 radical (unpaired) electrons. The molecule has 0 saturated heterocycles. The van der Waals surface area contributed by atoms with E-state index >= 15 is 0 Å². The Labute approximate surface area is 200 Å². The first kappa shape index (κ1) is 23.0. The first-order chi connectivity index (χ1) is 15.9. The van der Waals surface area contributed by atoms with Crippen LogP contribution in [0.2, 0.25) is 5.02 Å². The number of carbonyl (C=O) groups excluding carboxylic acids is 2. The van der Waals surface area contributed by atoms with Gasteiger partial charge in [-0.15, -0.1) is 0 Å². The molecule has 1 atom stereocenters. The zero-order chi connectivity index (χ0) is 23.4. The van der Waals surface area contributed by atoms with E-state index in [9.17, 15) is 9.59 Å². The number of benzene rings is 3. The summed E-state index contributed by atoms with van der Waals surface area (Å²) in [5.41, 5.74) is 4.16. The fraction of sp³-hybridized carbons (Fsp3) is 0.259. The molecule has 1 N–H and O–H groups in total. The number of anilines is 2. The number of nitrogens with one attached hydrogen (secondary N) is 1. The minimum Gasteiger partial charge on any atom is -0.326 e. The summed E-state index contributed by atoms with van der Waals surface area (Å²) in [4.78, 5) is 29.9. The fourth-order valence-corrected chi connectivity index (χ4v) is 4.56. The van der Waals surface area contributed by atoms with E-state index in [1.165, 1.54) is 5.56 Å². The van der Waals surface area contributed by atoms with Gasteiger partial charge in [0.15, 0.2) is 0 Å². The molecular formula is C27H28ClN3O2. The summed E-state index contributed by atoms with van der Waals surface area (Å²) < 4.78 is 0. The van der Waals surface area contributed by atoms with Crippen LogP contribution in [0.5, 0.6) is 0 Å². The van der Waals surface area contributed by atoms with Crippen molar-refractivity contribution in [3.05, 3.63) is 94.5 Å². The van der Waals surface area contributed by atoms with Crippen molar-refractivity contribution < 1.29 is 9.59 Å². The van der Waals surface area contributed by atoms with Gasteiger partial charge in [-0.05, 0) is 74.5 Å². The number of carbonyl (C=O) groups is 2. The quantitative estimate of drug-likeness (QED) is 0.540. The summed E-state index contributed by atoms with van der Waals surface area (Å²) >= 11 is 6.15. The van der Waals surface area contributed by atoms with Gasteiger partial charge in [0.2, 0.25) is 5.91 Å². The number of amides is 2. The minimum absolute atomic E-state index is 0.0317. The zero-order valence-electron chi connectivity index (χ0n) is 18.9. The average Bonchev–Trinajstić information content (AvgIpc) is 3.00. The maximum Gasteiger partial charge on any atom is 0.258 e. The molecule has 3 aromatic carbocycles. The number of hydrogen-bond donors (Lipinski definition) is 1. The molecule has 1 heterocycles. The smallest absolute Gasteiger partial charge is 0.258 e. The van der Waals surface area contributed by atoms with Gasteiger partial charge in [-0.3, -0.25) is 9.59 Å². The summed E-state index contributed by atoms with van der Waals surface area (Å²) in [7, 11) is 4.16. The van der Waals surface area contributed by atoms with Crippen molar-refractivity contribution in [3.63, 3.8) is 0 Å². The van der Waals surface area contributed by atoms with Crippen molar-refractivity contribution in [2.45, 2.75) is 25.3 Å². The highest BCUT2D eigenvalue weighted by Crippen LogP contribution is 2.36. The number of nitrogens with zero attached hydrogens (tertiary/aromatic N) is 2. The third-order valence-electron chi connectivity index (χ3n) is 6.04. The van der Waals surface area contributed by atoms with Gasteiger partial charge < -0.3 is 15.1 Å². The molecule has 6 heteroatoms. The van der Waals surface area contributed by atoms with E-state index in [-0.39, 0.29) is 24.3 Å². The van der Waals surface area contributed by atoms with Crippen LogP contribution >= 0.6 is 11.6 Å². The highest BCUT2D eigenvalue weighted by molar-refractivity contribution is 6.31. The van der Waals surface area contributed by atoms with Gasteiger partial charge in [0.05, 0.1) is 6.42 Å². The van der Waals surface area contributed by atoms with E-state index in [0.717, 1.165) is 24.1 Å². The second-order valence-electron chi connectivity index (χ2n) is 8.53. The Morgan fingerprint density at radius 3 is 2.42 bits per heavy atom. The third kappa shape index (κ3) is 5.27. The van der Waals surface area contributed by atoms with Crippen LogP contribution in [0.15, 0.2) is 72.8 Å². The second-order valence-corrected chi connectivity index (χ2v) is 8.94. The van der Waals surface area contributed by atoms with Gasteiger partial charge in [-0.25, -0.2) is 0 Å². The maximum atomic E-state index is 13.4. The number of fused-ring (bicyclic) bond motifs is 1. The van der Waals surface area contributed by atoms with E-state index in [2.05, 4.69) is 30.4 Å². The molecule has 0 spiro atoms. The Morgan fingerprint density at radius 1 is 1.00 bits per heavy atom. The van der Waals surface area contributed by atoms with Crippen LogP contribution in [0.3, 0.4) is 0 Å². The Morgan fingerprint density at radius 2 is 1.70 bits per heavy atom. The van der Waals surface area contributed by atoms with Crippen molar-refractivity contribution in [2.24, 2.45) is 0 Å². The van der Waals surface area contributed by atoms with Crippen molar-refractivity contribution in [3.8, 4) is 0 Å². The summed E-state index contributed by atoms with van der Waals surface area (Å²) in [5, 5.41) is 3.45. The fourth-order valence-electron chi connectivity index (χ4n) is 4.35. The molecule has 4 rings (SSSR count). The van der Waals surface area contributed by atoms with Crippen LogP contribution in [-0.2, 0) is 11.2 Å². The Bertz CT molecular complexity index is 1140. The first-order valence-electron chi connectivity index (χ1n) is 11.1. The molecule has 2 amide bonds. The molecular weight excluding hydrogens is 434 g/mol. The topological polar surface area (TPSA) is 52.6 Å². The summed E-state index contributed by atoms with van der Waals surface area (Å²) in [6, 6.07) is 22.8. The van der Waals surface area contributed by atoms with Crippen LogP contribution in [-0.4, -0.2) is 37.4 Å². The van der Waals surface area contributed by atoms with E-state index in [1.807, 2.05) is 41.3 Å². The van der Waals surface area contributed by atoms with Crippen LogP contribution in [0.25, 0.3) is 0 Å². The van der Waals surface area contributed by atoms with E-state index in [1.54, 1.807) is 30.3 Å². The monoisotopic (exact) mass is 461 g/mol. The van der Waals surface area contributed by atoms with Gasteiger partial charge in [0.1, 0.15) is 0 Å².